The minimum atomic E-state index is -4.19. The molecule has 0 radical (unpaired) electrons. The number of rotatable bonds is 3. The minimum absolute atomic E-state index is 0.198. The molecule has 1 aromatic carbocycles. The van der Waals surface area contributed by atoms with Crippen molar-refractivity contribution in [2.24, 2.45) is 0 Å². The summed E-state index contributed by atoms with van der Waals surface area (Å²) in [5.74, 6) is 2.90. The summed E-state index contributed by atoms with van der Waals surface area (Å²) in [5, 5.41) is 0. The predicted molar refractivity (Wildman–Crippen MR) is 59.7 cm³/mol. The third-order valence-electron chi connectivity index (χ3n) is 2.05. The van der Waals surface area contributed by atoms with Crippen molar-refractivity contribution >= 4 is 0 Å². The summed E-state index contributed by atoms with van der Waals surface area (Å²) in [4.78, 5) is 0. The fourth-order valence-electron chi connectivity index (χ4n) is 1.23. The molecular weight excluding hydrogens is 229 g/mol. The Balaban J connectivity index is 2.73. The van der Waals surface area contributed by atoms with Crippen LogP contribution in [0.5, 0.6) is 5.75 Å². The second-order valence-electron chi connectivity index (χ2n) is 4.19. The van der Waals surface area contributed by atoms with Gasteiger partial charge in [-0.1, -0.05) is 18.1 Å². The molecule has 0 N–H and O–H groups in total. The number of halogens is 3. The molecule has 0 spiro atoms. The van der Waals surface area contributed by atoms with Gasteiger partial charge in [-0.2, -0.15) is 13.2 Å². The zero-order chi connectivity index (χ0) is 13.1. The SMILES string of the molecule is C#CC(C)(C)Oc1ccc(CC(F)(F)F)cc1. The topological polar surface area (TPSA) is 9.23 Å². The predicted octanol–water partition coefficient (Wildman–Crippen LogP) is 3.58. The smallest absolute Gasteiger partial charge is 0.393 e. The quantitative estimate of drug-likeness (QED) is 0.736. The van der Waals surface area contributed by atoms with Gasteiger partial charge in [0.2, 0.25) is 0 Å². The lowest BCUT2D eigenvalue weighted by Gasteiger charge is -2.20. The first-order valence-electron chi connectivity index (χ1n) is 5.04. The van der Waals surface area contributed by atoms with Crippen LogP contribution in [0.15, 0.2) is 24.3 Å². The maximum atomic E-state index is 12.1. The van der Waals surface area contributed by atoms with Crippen molar-refractivity contribution in [3.05, 3.63) is 29.8 Å². The van der Waals surface area contributed by atoms with Crippen molar-refractivity contribution in [3.63, 3.8) is 0 Å². The molecule has 0 atom stereocenters. The van der Waals surface area contributed by atoms with E-state index in [4.69, 9.17) is 11.2 Å². The van der Waals surface area contributed by atoms with E-state index in [0.717, 1.165) is 0 Å². The summed E-state index contributed by atoms with van der Waals surface area (Å²) >= 11 is 0. The normalized spacial score (nSPS) is 12.0. The van der Waals surface area contributed by atoms with Gasteiger partial charge in [0, 0.05) is 0 Å². The molecule has 0 heterocycles. The molecule has 0 aliphatic rings. The van der Waals surface area contributed by atoms with Crippen molar-refractivity contribution in [2.45, 2.75) is 32.0 Å². The maximum Gasteiger partial charge on any atom is 0.393 e. The summed E-state index contributed by atoms with van der Waals surface area (Å²) < 4.78 is 41.7. The molecule has 1 rings (SSSR count). The number of terminal acetylenes is 1. The first-order chi connectivity index (χ1) is 7.72. The maximum absolute atomic E-state index is 12.1. The van der Waals surface area contributed by atoms with Crippen LogP contribution < -0.4 is 4.74 Å². The molecule has 4 heteroatoms. The molecule has 0 fully saturated rings. The summed E-state index contributed by atoms with van der Waals surface area (Å²) in [5.41, 5.74) is -0.575. The Morgan fingerprint density at radius 1 is 1.18 bits per heavy atom. The first-order valence-corrected chi connectivity index (χ1v) is 5.04. The molecule has 92 valence electrons. The molecule has 1 aromatic rings. The van der Waals surface area contributed by atoms with E-state index in [0.29, 0.717) is 5.75 Å². The Labute approximate surface area is 98.6 Å². The minimum Gasteiger partial charge on any atom is -0.475 e. The van der Waals surface area contributed by atoms with Crippen LogP contribution in [-0.4, -0.2) is 11.8 Å². The van der Waals surface area contributed by atoms with Crippen molar-refractivity contribution < 1.29 is 17.9 Å². The largest absolute Gasteiger partial charge is 0.475 e. The lowest BCUT2D eigenvalue weighted by Crippen LogP contribution is -2.25. The molecule has 0 bridgehead atoms. The molecule has 0 aliphatic heterocycles. The molecule has 17 heavy (non-hydrogen) atoms. The zero-order valence-electron chi connectivity index (χ0n) is 9.64. The standard InChI is InChI=1S/C13H13F3O/c1-4-12(2,3)17-11-7-5-10(6-8-11)9-13(14,15)16/h1,5-8H,9H2,2-3H3. The van der Waals surface area contributed by atoms with Gasteiger partial charge in [0.1, 0.15) is 5.75 Å². The Morgan fingerprint density at radius 3 is 2.12 bits per heavy atom. The molecule has 0 saturated heterocycles. The number of alkyl halides is 3. The molecule has 1 nitrogen and oxygen atoms in total. The van der Waals surface area contributed by atoms with Gasteiger partial charge >= 0.3 is 6.18 Å². The average Bonchev–Trinajstić information content (AvgIpc) is 2.19. The monoisotopic (exact) mass is 242 g/mol. The van der Waals surface area contributed by atoms with Crippen molar-refractivity contribution in [2.75, 3.05) is 0 Å². The van der Waals surface area contributed by atoms with Crippen molar-refractivity contribution in [1.29, 1.82) is 0 Å². The van der Waals surface area contributed by atoms with Crippen LogP contribution in [0.4, 0.5) is 13.2 Å². The Hall–Kier alpha value is -1.63. The van der Waals surface area contributed by atoms with Gasteiger partial charge in [0.15, 0.2) is 5.60 Å². The van der Waals surface area contributed by atoms with E-state index in [-0.39, 0.29) is 5.56 Å². The van der Waals surface area contributed by atoms with Crippen molar-refractivity contribution in [1.82, 2.24) is 0 Å². The summed E-state index contributed by atoms with van der Waals surface area (Å²) in [6.45, 7) is 3.41. The number of hydrogen-bond acceptors (Lipinski definition) is 1. The van der Waals surface area contributed by atoms with E-state index >= 15 is 0 Å². The summed E-state index contributed by atoms with van der Waals surface area (Å²) in [7, 11) is 0. The molecule has 0 aliphatic carbocycles. The summed E-state index contributed by atoms with van der Waals surface area (Å²) in [6, 6.07) is 5.74. The van der Waals surface area contributed by atoms with Crippen molar-refractivity contribution in [3.8, 4) is 18.1 Å². The van der Waals surface area contributed by atoms with Crippen LogP contribution in [-0.2, 0) is 6.42 Å². The van der Waals surface area contributed by atoms with Crippen LogP contribution >= 0.6 is 0 Å². The highest BCUT2D eigenvalue weighted by Gasteiger charge is 2.27. The second-order valence-corrected chi connectivity index (χ2v) is 4.19. The van der Waals surface area contributed by atoms with Crippen LogP contribution in [0, 0.1) is 12.3 Å². The molecule has 0 saturated carbocycles. The second kappa shape index (κ2) is 4.70. The lowest BCUT2D eigenvalue weighted by atomic mass is 10.1. The Morgan fingerprint density at radius 2 is 1.71 bits per heavy atom. The van der Waals surface area contributed by atoms with Crippen LogP contribution in [0.25, 0.3) is 0 Å². The van der Waals surface area contributed by atoms with E-state index in [1.165, 1.54) is 24.3 Å². The molecule has 0 amide bonds. The highest BCUT2D eigenvalue weighted by molar-refractivity contribution is 5.29. The van der Waals surface area contributed by atoms with E-state index < -0.39 is 18.2 Å². The van der Waals surface area contributed by atoms with Crippen LogP contribution in [0.2, 0.25) is 0 Å². The number of hydrogen-bond donors (Lipinski definition) is 0. The van der Waals surface area contributed by atoms with Gasteiger partial charge in [-0.05, 0) is 31.5 Å². The van der Waals surface area contributed by atoms with Gasteiger partial charge in [-0.15, -0.1) is 6.42 Å². The first kappa shape index (κ1) is 13.4. The van der Waals surface area contributed by atoms with E-state index in [1.54, 1.807) is 13.8 Å². The van der Waals surface area contributed by atoms with E-state index in [1.807, 2.05) is 0 Å². The van der Waals surface area contributed by atoms with Gasteiger partial charge in [0.25, 0.3) is 0 Å². The fraction of sp³-hybridized carbons (Fsp3) is 0.385. The van der Waals surface area contributed by atoms with Crippen LogP contribution in [0.1, 0.15) is 19.4 Å². The third-order valence-corrected chi connectivity index (χ3v) is 2.05. The van der Waals surface area contributed by atoms with Gasteiger partial charge < -0.3 is 4.74 Å². The van der Waals surface area contributed by atoms with Crippen LogP contribution in [0.3, 0.4) is 0 Å². The Kier molecular flexibility index (Phi) is 3.72. The molecular formula is C13H13F3O. The number of ether oxygens (including phenoxy) is 1. The highest BCUT2D eigenvalue weighted by atomic mass is 19.4. The van der Waals surface area contributed by atoms with Gasteiger partial charge in [-0.3, -0.25) is 0 Å². The average molecular weight is 242 g/mol. The number of benzene rings is 1. The van der Waals surface area contributed by atoms with Gasteiger partial charge in [0.05, 0.1) is 6.42 Å². The fourth-order valence-corrected chi connectivity index (χ4v) is 1.23. The van der Waals surface area contributed by atoms with Gasteiger partial charge in [-0.25, -0.2) is 0 Å². The van der Waals surface area contributed by atoms with E-state index in [2.05, 4.69) is 5.92 Å². The lowest BCUT2D eigenvalue weighted by molar-refractivity contribution is -0.127. The van der Waals surface area contributed by atoms with E-state index in [9.17, 15) is 13.2 Å². The Bertz CT molecular complexity index is 410. The highest BCUT2D eigenvalue weighted by Crippen LogP contribution is 2.24. The molecule has 0 unspecified atom stereocenters. The third kappa shape index (κ3) is 4.81. The summed E-state index contributed by atoms with van der Waals surface area (Å²) in [6.07, 6.45) is 0.111. The zero-order valence-corrected chi connectivity index (χ0v) is 9.64. The molecule has 0 aromatic heterocycles.